The van der Waals surface area contributed by atoms with Crippen molar-refractivity contribution in [2.75, 3.05) is 13.1 Å². The molecule has 4 nitrogen and oxygen atoms in total. The van der Waals surface area contributed by atoms with Gasteiger partial charge in [0.2, 0.25) is 0 Å². The van der Waals surface area contributed by atoms with Gasteiger partial charge in [-0.15, -0.1) is 0 Å². The van der Waals surface area contributed by atoms with Crippen LogP contribution in [0.15, 0.2) is 77.9 Å². The van der Waals surface area contributed by atoms with Crippen molar-refractivity contribution in [3.8, 4) is 0 Å². The van der Waals surface area contributed by atoms with E-state index in [9.17, 15) is 0 Å². The fourth-order valence-electron chi connectivity index (χ4n) is 1.84. The van der Waals surface area contributed by atoms with Gasteiger partial charge in [0.1, 0.15) is 5.17 Å². The molecule has 0 aromatic heterocycles. The number of hydrogen-bond acceptors (Lipinski definition) is 4. The monoisotopic (exact) mass is 316 g/mol. The highest BCUT2D eigenvalue weighted by atomic mass is 35.5. The molecule has 0 spiro atoms. The van der Waals surface area contributed by atoms with Crippen LogP contribution in [0.3, 0.4) is 0 Å². The first-order valence-electron chi connectivity index (χ1n) is 6.84. The molecular weight excluding hydrogens is 296 g/mol. The predicted octanol–water partition coefficient (Wildman–Crippen LogP) is 3.74. The maximum absolute atomic E-state index is 7.68. The van der Waals surface area contributed by atoms with Crippen molar-refractivity contribution in [2.24, 2.45) is 4.99 Å². The van der Waals surface area contributed by atoms with E-state index in [0.29, 0.717) is 12.1 Å². The molecule has 0 bridgehead atoms. The van der Waals surface area contributed by atoms with Crippen LogP contribution in [-0.2, 0) is 0 Å². The fraction of sp³-hybridized carbons (Fsp3) is 0.176. The average molecular weight is 317 g/mol. The summed E-state index contributed by atoms with van der Waals surface area (Å²) >= 11 is 5.86. The van der Waals surface area contributed by atoms with Crippen LogP contribution in [0.4, 0.5) is 0 Å². The number of nitrogens with one attached hydrogen (secondary N) is 2. The largest absolute Gasteiger partial charge is 0.386 e. The molecule has 0 saturated heterocycles. The second-order valence-corrected chi connectivity index (χ2v) is 4.89. The van der Waals surface area contributed by atoms with Gasteiger partial charge in [-0.2, -0.15) is 0 Å². The zero-order valence-electron chi connectivity index (χ0n) is 12.7. The molecule has 22 heavy (non-hydrogen) atoms. The molecule has 0 aromatic carbocycles. The minimum absolute atomic E-state index is 0.000594. The first kappa shape index (κ1) is 17.7. The van der Waals surface area contributed by atoms with Gasteiger partial charge < -0.3 is 10.2 Å². The van der Waals surface area contributed by atoms with E-state index in [2.05, 4.69) is 23.5 Å². The lowest BCUT2D eigenvalue weighted by atomic mass is 10.2. The SMILES string of the molecule is C=CC=N/C=C(\C)N(C/C(=C/C=C)C(=N)Cl)C1=CNCC=C1. The third-order valence-electron chi connectivity index (χ3n) is 2.89. The summed E-state index contributed by atoms with van der Waals surface area (Å²) in [7, 11) is 0. The van der Waals surface area contributed by atoms with E-state index < -0.39 is 0 Å². The molecule has 1 aliphatic rings. The van der Waals surface area contributed by atoms with E-state index in [-0.39, 0.29) is 5.17 Å². The summed E-state index contributed by atoms with van der Waals surface area (Å²) in [4.78, 5) is 6.18. The molecule has 0 amide bonds. The Morgan fingerprint density at radius 1 is 1.50 bits per heavy atom. The van der Waals surface area contributed by atoms with Gasteiger partial charge in [0.05, 0.1) is 12.2 Å². The zero-order chi connectivity index (χ0) is 16.4. The summed E-state index contributed by atoms with van der Waals surface area (Å²) in [6, 6.07) is 0. The van der Waals surface area contributed by atoms with Crippen LogP contribution in [0.2, 0.25) is 0 Å². The standard InChI is InChI=1S/C17H21ClN4/c1-4-7-15(17(18)19)13-22(14(3)11-20-9-5-2)16-8-6-10-21-12-16/h4-9,11-12,19,21H,1-2,10,13H2,3H3/b14-11+,15-7-,19-17?,20-9?. The lowest BCUT2D eigenvalue weighted by Gasteiger charge is -2.28. The maximum atomic E-state index is 7.68. The van der Waals surface area contributed by atoms with E-state index in [4.69, 9.17) is 17.0 Å². The van der Waals surface area contributed by atoms with Crippen molar-refractivity contribution in [2.45, 2.75) is 6.92 Å². The van der Waals surface area contributed by atoms with Crippen LogP contribution in [0.5, 0.6) is 0 Å². The number of dihydropyridines is 1. The first-order valence-corrected chi connectivity index (χ1v) is 7.22. The van der Waals surface area contributed by atoms with E-state index in [1.165, 1.54) is 0 Å². The molecular formula is C17H21ClN4. The summed E-state index contributed by atoms with van der Waals surface area (Å²) in [6.45, 7) is 10.5. The fourth-order valence-corrected chi connectivity index (χ4v) is 1.96. The smallest absolute Gasteiger partial charge is 0.125 e. The molecule has 0 unspecified atom stereocenters. The highest BCUT2D eigenvalue weighted by Crippen LogP contribution is 2.19. The number of rotatable bonds is 8. The van der Waals surface area contributed by atoms with Crippen LogP contribution < -0.4 is 5.32 Å². The number of nitrogens with zero attached hydrogens (tertiary/aromatic N) is 2. The second kappa shape index (κ2) is 9.58. The molecule has 1 heterocycles. The van der Waals surface area contributed by atoms with Crippen LogP contribution >= 0.6 is 11.6 Å². The summed E-state index contributed by atoms with van der Waals surface area (Å²) in [5.74, 6) is 0. The molecule has 0 radical (unpaired) electrons. The van der Waals surface area contributed by atoms with E-state index in [1.807, 2.05) is 30.2 Å². The van der Waals surface area contributed by atoms with Gasteiger partial charge in [-0.05, 0) is 13.0 Å². The van der Waals surface area contributed by atoms with Crippen LogP contribution in [-0.4, -0.2) is 29.4 Å². The van der Waals surface area contributed by atoms with Crippen molar-refractivity contribution in [3.63, 3.8) is 0 Å². The Morgan fingerprint density at radius 3 is 2.82 bits per heavy atom. The molecule has 0 saturated carbocycles. The van der Waals surface area contributed by atoms with E-state index in [0.717, 1.165) is 17.9 Å². The zero-order valence-corrected chi connectivity index (χ0v) is 13.5. The molecule has 5 heteroatoms. The lowest BCUT2D eigenvalue weighted by Crippen LogP contribution is -2.27. The number of hydrogen-bond donors (Lipinski definition) is 2. The highest BCUT2D eigenvalue weighted by molar-refractivity contribution is 6.68. The number of aliphatic imine (C=N–C) groups is 1. The molecule has 0 aliphatic carbocycles. The molecule has 2 N–H and O–H groups in total. The molecule has 0 aromatic rings. The highest BCUT2D eigenvalue weighted by Gasteiger charge is 2.14. The van der Waals surface area contributed by atoms with Gasteiger partial charge in [0.25, 0.3) is 0 Å². The van der Waals surface area contributed by atoms with Crippen molar-refractivity contribution >= 4 is 23.0 Å². The van der Waals surface area contributed by atoms with E-state index >= 15 is 0 Å². The molecule has 0 fully saturated rings. The van der Waals surface area contributed by atoms with Crippen LogP contribution in [0.1, 0.15) is 6.92 Å². The van der Waals surface area contributed by atoms with Gasteiger partial charge in [-0.25, -0.2) is 0 Å². The second-order valence-electron chi connectivity index (χ2n) is 4.51. The summed E-state index contributed by atoms with van der Waals surface area (Å²) < 4.78 is 0. The molecule has 1 rings (SSSR count). The Labute approximate surface area is 137 Å². The normalized spacial score (nSPS) is 15.3. The van der Waals surface area contributed by atoms with E-state index in [1.54, 1.807) is 30.6 Å². The van der Waals surface area contributed by atoms with Crippen molar-refractivity contribution in [1.82, 2.24) is 10.2 Å². The summed E-state index contributed by atoms with van der Waals surface area (Å²) in [6.07, 6.45) is 14.3. The Balaban J connectivity index is 3.10. The average Bonchev–Trinajstić information content (AvgIpc) is 2.52. The Kier molecular flexibility index (Phi) is 7.72. The Bertz CT molecular complexity index is 579. The van der Waals surface area contributed by atoms with Gasteiger partial charge in [-0.1, -0.05) is 49.1 Å². The molecule has 116 valence electrons. The topological polar surface area (TPSA) is 51.5 Å². The van der Waals surface area contributed by atoms with Gasteiger partial charge in [-0.3, -0.25) is 10.4 Å². The number of allylic oxidation sites excluding steroid dienone is 5. The first-order chi connectivity index (χ1) is 10.6. The summed E-state index contributed by atoms with van der Waals surface area (Å²) in [5.41, 5.74) is 2.57. The van der Waals surface area contributed by atoms with Crippen LogP contribution in [0, 0.1) is 5.41 Å². The Hall–Kier alpha value is -2.33. The summed E-state index contributed by atoms with van der Waals surface area (Å²) in [5, 5.41) is 10.9. The minimum atomic E-state index is 0.000594. The maximum Gasteiger partial charge on any atom is 0.125 e. The minimum Gasteiger partial charge on any atom is -0.386 e. The molecule has 0 atom stereocenters. The van der Waals surface area contributed by atoms with Crippen molar-refractivity contribution in [3.05, 3.63) is 72.9 Å². The Morgan fingerprint density at radius 2 is 2.27 bits per heavy atom. The predicted molar refractivity (Wildman–Crippen MR) is 96.2 cm³/mol. The van der Waals surface area contributed by atoms with Gasteiger partial charge in [0.15, 0.2) is 0 Å². The van der Waals surface area contributed by atoms with Gasteiger partial charge >= 0.3 is 0 Å². The van der Waals surface area contributed by atoms with Crippen molar-refractivity contribution in [1.29, 1.82) is 5.41 Å². The van der Waals surface area contributed by atoms with Crippen molar-refractivity contribution < 1.29 is 0 Å². The third-order valence-corrected chi connectivity index (χ3v) is 3.14. The van der Waals surface area contributed by atoms with Crippen LogP contribution in [0.25, 0.3) is 0 Å². The number of halogens is 1. The van der Waals surface area contributed by atoms with Gasteiger partial charge in [0, 0.05) is 36.4 Å². The third kappa shape index (κ3) is 5.58. The lowest BCUT2D eigenvalue weighted by molar-refractivity contribution is 0.475. The quantitative estimate of drug-likeness (QED) is 0.529. The molecule has 1 aliphatic heterocycles.